The van der Waals surface area contributed by atoms with E-state index in [1.807, 2.05) is 0 Å². The minimum atomic E-state index is -0.968. The number of rotatable bonds is 3. The summed E-state index contributed by atoms with van der Waals surface area (Å²) in [4.78, 5) is 0. The molecule has 0 spiro atoms. The Kier molecular flexibility index (Phi) is 11.4. The van der Waals surface area contributed by atoms with Crippen LogP contribution in [0.3, 0.4) is 0 Å². The number of fused-ring (bicyclic) bond motifs is 1. The number of hydrogen-bond donors (Lipinski definition) is 0. The van der Waals surface area contributed by atoms with Crippen molar-refractivity contribution in [1.82, 2.24) is 0 Å². The van der Waals surface area contributed by atoms with E-state index in [1.165, 1.54) is 31.9 Å². The Morgan fingerprint density at radius 2 is 1.07 bits per heavy atom. The molecule has 4 aromatic carbocycles. The van der Waals surface area contributed by atoms with Crippen LogP contribution in [-0.2, 0) is 21.7 Å². The fourth-order valence-corrected chi connectivity index (χ4v) is 6.14. The maximum Gasteiger partial charge on any atom is 4.00 e. The van der Waals surface area contributed by atoms with Gasteiger partial charge in [0, 0.05) is 0 Å². The van der Waals surface area contributed by atoms with E-state index in [4.69, 9.17) is 0 Å². The van der Waals surface area contributed by atoms with Gasteiger partial charge in [-0.05, 0) is 0 Å². The SMILES string of the molecule is C[c-]1c([Si](c2ccccc2)c2ccccc2)cc2ccccc21.[Cl-].[Cl-].[Cl-].[Ti+4]. The first-order chi connectivity index (χ1) is 11.3. The second-order valence-electron chi connectivity index (χ2n) is 5.88. The normalized spacial score (nSPS) is 9.56. The third kappa shape index (κ3) is 5.32. The van der Waals surface area contributed by atoms with Crippen molar-refractivity contribution in [2.24, 2.45) is 0 Å². The molecule has 0 nitrogen and oxygen atoms in total. The van der Waals surface area contributed by atoms with Gasteiger partial charge in [0.2, 0.25) is 0 Å². The van der Waals surface area contributed by atoms with E-state index in [0.29, 0.717) is 0 Å². The van der Waals surface area contributed by atoms with E-state index < -0.39 is 8.80 Å². The van der Waals surface area contributed by atoms with E-state index in [-0.39, 0.29) is 58.9 Å². The Labute approximate surface area is 196 Å². The van der Waals surface area contributed by atoms with Gasteiger partial charge in [-0.3, -0.25) is 0 Å². The van der Waals surface area contributed by atoms with Crippen LogP contribution in [0.25, 0.3) is 10.8 Å². The molecule has 0 amide bonds. The summed E-state index contributed by atoms with van der Waals surface area (Å²) in [5.41, 5.74) is 1.43. The second-order valence-corrected chi connectivity index (χ2v) is 8.32. The molecule has 0 atom stereocenters. The van der Waals surface area contributed by atoms with Crippen LogP contribution < -0.4 is 52.8 Å². The van der Waals surface area contributed by atoms with Crippen LogP contribution in [0.15, 0.2) is 91.0 Å². The summed E-state index contributed by atoms with van der Waals surface area (Å²) in [6.07, 6.45) is 0. The molecular weight excluding hydrogens is 447 g/mol. The zero-order valence-corrected chi connectivity index (χ0v) is 19.6. The van der Waals surface area contributed by atoms with Gasteiger partial charge in [-0.2, -0.15) is 6.07 Å². The van der Waals surface area contributed by atoms with Crippen LogP contribution in [0, 0.1) is 6.92 Å². The molecule has 135 valence electrons. The summed E-state index contributed by atoms with van der Waals surface area (Å²) in [5.74, 6) is 0. The number of hydrogen-bond acceptors (Lipinski definition) is 0. The molecule has 0 saturated heterocycles. The van der Waals surface area contributed by atoms with E-state index >= 15 is 0 Å². The van der Waals surface area contributed by atoms with Crippen LogP contribution in [0.1, 0.15) is 5.56 Å². The first kappa shape index (κ1) is 26.1. The summed E-state index contributed by atoms with van der Waals surface area (Å²) in [6.45, 7) is 2.27. The topological polar surface area (TPSA) is 0 Å². The number of halogens is 3. The smallest absolute Gasteiger partial charge is 1.00 e. The molecular formula is C22H18Cl3SiTi. The van der Waals surface area contributed by atoms with Crippen molar-refractivity contribution in [1.29, 1.82) is 0 Å². The molecule has 0 saturated carbocycles. The van der Waals surface area contributed by atoms with Crippen molar-refractivity contribution < 1.29 is 58.9 Å². The molecule has 0 aliphatic heterocycles. The van der Waals surface area contributed by atoms with Gasteiger partial charge in [0.1, 0.15) is 8.80 Å². The first-order valence-corrected chi connectivity index (χ1v) is 9.48. The van der Waals surface area contributed by atoms with Gasteiger partial charge in [0.15, 0.2) is 0 Å². The predicted molar refractivity (Wildman–Crippen MR) is 102 cm³/mol. The van der Waals surface area contributed by atoms with E-state index in [0.717, 1.165) is 0 Å². The molecule has 0 aliphatic carbocycles. The number of aryl methyl sites for hydroxylation is 1. The molecule has 1 radical (unpaired) electrons. The van der Waals surface area contributed by atoms with Gasteiger partial charge in [0.25, 0.3) is 0 Å². The van der Waals surface area contributed by atoms with Crippen molar-refractivity contribution in [3.05, 3.63) is 96.6 Å². The van der Waals surface area contributed by atoms with Gasteiger partial charge in [-0.15, -0.1) is 39.7 Å². The first-order valence-electron chi connectivity index (χ1n) is 7.98. The standard InChI is InChI=1S/C22H18Si.3ClH.Ti/c1-17-21-15-9-8-10-18(21)16-22(17)23(19-11-4-2-5-12-19)20-13-6-3-7-14-20;;;;/h2-16H,1H3;3*1H;/q-1;;;;+4/p-3. The van der Waals surface area contributed by atoms with Crippen molar-refractivity contribution in [3.8, 4) is 0 Å². The average molecular weight is 465 g/mol. The fourth-order valence-electron chi connectivity index (χ4n) is 3.32. The van der Waals surface area contributed by atoms with Gasteiger partial charge < -0.3 is 37.2 Å². The van der Waals surface area contributed by atoms with Crippen molar-refractivity contribution in [2.45, 2.75) is 6.92 Å². The molecule has 4 rings (SSSR count). The molecule has 0 aromatic heterocycles. The zero-order chi connectivity index (χ0) is 15.6. The monoisotopic (exact) mass is 463 g/mol. The Morgan fingerprint density at radius 3 is 1.56 bits per heavy atom. The quantitative estimate of drug-likeness (QED) is 0.210. The molecule has 0 N–H and O–H groups in total. The number of benzene rings is 3. The summed E-state index contributed by atoms with van der Waals surface area (Å²) >= 11 is 0. The summed E-state index contributed by atoms with van der Waals surface area (Å²) < 4.78 is 0. The van der Waals surface area contributed by atoms with Crippen molar-refractivity contribution in [2.75, 3.05) is 0 Å². The fraction of sp³-hybridized carbons (Fsp3) is 0.0455. The van der Waals surface area contributed by atoms with Gasteiger partial charge in [-0.1, -0.05) is 84.0 Å². The van der Waals surface area contributed by atoms with E-state index in [9.17, 15) is 0 Å². The van der Waals surface area contributed by atoms with Crippen LogP contribution in [0.5, 0.6) is 0 Å². The minimum Gasteiger partial charge on any atom is -1.00 e. The minimum absolute atomic E-state index is 0. The Balaban J connectivity index is 0.00000169. The summed E-state index contributed by atoms with van der Waals surface area (Å²) in [5, 5.41) is 7.14. The van der Waals surface area contributed by atoms with Gasteiger partial charge in [0.05, 0.1) is 0 Å². The predicted octanol–water partition coefficient (Wildman–Crippen LogP) is -5.61. The van der Waals surface area contributed by atoms with E-state index in [2.05, 4.69) is 97.9 Å². The van der Waals surface area contributed by atoms with Crippen LogP contribution >= 0.6 is 0 Å². The van der Waals surface area contributed by atoms with Crippen LogP contribution in [0.4, 0.5) is 0 Å². The molecule has 0 bridgehead atoms. The van der Waals surface area contributed by atoms with Crippen molar-refractivity contribution in [3.63, 3.8) is 0 Å². The average Bonchev–Trinajstić information content (AvgIpc) is 2.94. The van der Waals surface area contributed by atoms with Crippen LogP contribution in [0.2, 0.25) is 0 Å². The van der Waals surface area contributed by atoms with Crippen LogP contribution in [-0.4, -0.2) is 8.80 Å². The molecule has 0 aliphatic rings. The molecule has 27 heavy (non-hydrogen) atoms. The van der Waals surface area contributed by atoms with Gasteiger partial charge >= 0.3 is 21.7 Å². The maximum atomic E-state index is 2.40. The molecule has 4 aromatic rings. The molecule has 0 heterocycles. The largest absolute Gasteiger partial charge is 4.00 e. The Morgan fingerprint density at radius 1 is 0.630 bits per heavy atom. The zero-order valence-electron chi connectivity index (χ0n) is 14.8. The molecule has 0 fully saturated rings. The maximum absolute atomic E-state index is 2.40. The third-order valence-electron chi connectivity index (χ3n) is 4.46. The molecule has 5 heteroatoms. The van der Waals surface area contributed by atoms with E-state index in [1.54, 1.807) is 0 Å². The summed E-state index contributed by atoms with van der Waals surface area (Å²) in [6, 6.07) is 33.0. The third-order valence-corrected chi connectivity index (χ3v) is 7.34. The van der Waals surface area contributed by atoms with Gasteiger partial charge in [-0.25, -0.2) is 0 Å². The Hall–Kier alpha value is -0.929. The summed E-state index contributed by atoms with van der Waals surface area (Å²) in [7, 11) is -0.968. The second kappa shape index (κ2) is 11.8. The Bertz CT molecular complexity index is 900. The van der Waals surface area contributed by atoms with Crippen molar-refractivity contribution >= 4 is 35.1 Å². The molecule has 0 unspecified atom stereocenters.